The number of benzene rings is 4. The number of sulfonamides is 1. The fourth-order valence-electron chi connectivity index (χ4n) is 4.53. The van der Waals surface area contributed by atoms with Gasteiger partial charge in [-0.2, -0.15) is 4.31 Å². The molecule has 4 aromatic carbocycles. The van der Waals surface area contributed by atoms with Crippen molar-refractivity contribution in [2.24, 2.45) is 0 Å². The Bertz CT molecular complexity index is 1590. The lowest BCUT2D eigenvalue weighted by Crippen LogP contribution is -2.53. The number of amides is 2. The molecule has 4 aromatic rings. The van der Waals surface area contributed by atoms with Crippen molar-refractivity contribution >= 4 is 32.6 Å². The standard InChI is InChI=1S/C31H32FN3O4S/c1-3-33-31(37)29(19-23-11-5-4-6-12-23)35(21-26-15-9-10-16-28(26)32)30(36)22-34(2)40(38,39)27-18-17-24-13-7-8-14-25(24)20-27/h4-18,20,29H,3,19,21-22H2,1-2H3,(H,33,37). The average molecular weight is 562 g/mol. The van der Waals surface area contributed by atoms with Crippen molar-refractivity contribution < 1.29 is 22.4 Å². The molecule has 4 rings (SSSR count). The molecular weight excluding hydrogens is 529 g/mol. The molecule has 0 heterocycles. The highest BCUT2D eigenvalue weighted by molar-refractivity contribution is 7.89. The zero-order valence-corrected chi connectivity index (χ0v) is 23.3. The number of carbonyl (C=O) groups is 2. The number of halogens is 1. The molecule has 9 heteroatoms. The molecule has 0 saturated carbocycles. The smallest absolute Gasteiger partial charge is 0.243 e. The van der Waals surface area contributed by atoms with Crippen LogP contribution in [0.4, 0.5) is 4.39 Å². The summed E-state index contributed by atoms with van der Waals surface area (Å²) >= 11 is 0. The van der Waals surface area contributed by atoms with E-state index in [-0.39, 0.29) is 23.4 Å². The van der Waals surface area contributed by atoms with Crippen molar-refractivity contribution in [3.63, 3.8) is 0 Å². The van der Waals surface area contributed by atoms with E-state index in [0.717, 1.165) is 20.6 Å². The van der Waals surface area contributed by atoms with Gasteiger partial charge < -0.3 is 10.2 Å². The molecule has 0 aliphatic rings. The van der Waals surface area contributed by atoms with Gasteiger partial charge in [0.2, 0.25) is 21.8 Å². The van der Waals surface area contributed by atoms with Crippen LogP contribution >= 0.6 is 0 Å². The van der Waals surface area contributed by atoms with E-state index in [9.17, 15) is 22.4 Å². The SMILES string of the molecule is CCNC(=O)C(Cc1ccccc1)N(Cc1ccccc1F)C(=O)CN(C)S(=O)(=O)c1ccc2ccccc2c1. The van der Waals surface area contributed by atoms with Gasteiger partial charge in [0, 0.05) is 32.1 Å². The number of rotatable bonds is 11. The molecule has 0 aliphatic heterocycles. The Balaban J connectivity index is 1.67. The molecule has 208 valence electrons. The Labute approximate surface area is 234 Å². The van der Waals surface area contributed by atoms with Gasteiger partial charge in [-0.3, -0.25) is 9.59 Å². The maximum atomic E-state index is 14.7. The topological polar surface area (TPSA) is 86.8 Å². The maximum absolute atomic E-state index is 14.7. The monoisotopic (exact) mass is 561 g/mol. The molecule has 1 unspecified atom stereocenters. The lowest BCUT2D eigenvalue weighted by atomic mass is 10.0. The first-order chi connectivity index (χ1) is 19.2. The lowest BCUT2D eigenvalue weighted by molar-refractivity contribution is -0.141. The Morgan fingerprint density at radius 3 is 2.23 bits per heavy atom. The molecule has 0 aliphatic carbocycles. The van der Waals surface area contributed by atoms with Crippen LogP contribution in [0.2, 0.25) is 0 Å². The van der Waals surface area contributed by atoms with E-state index < -0.39 is 40.2 Å². The van der Waals surface area contributed by atoms with Crippen molar-refractivity contribution in [1.82, 2.24) is 14.5 Å². The second-order valence-electron chi connectivity index (χ2n) is 9.48. The van der Waals surface area contributed by atoms with Crippen LogP contribution < -0.4 is 5.32 Å². The summed E-state index contributed by atoms with van der Waals surface area (Å²) in [4.78, 5) is 28.4. The summed E-state index contributed by atoms with van der Waals surface area (Å²) in [6, 6.07) is 26.4. The van der Waals surface area contributed by atoms with Crippen LogP contribution in [0.3, 0.4) is 0 Å². The molecule has 0 saturated heterocycles. The molecule has 0 radical (unpaired) electrons. The molecule has 1 N–H and O–H groups in total. The van der Waals surface area contributed by atoms with E-state index in [2.05, 4.69) is 5.32 Å². The first-order valence-corrected chi connectivity index (χ1v) is 14.4. The summed E-state index contributed by atoms with van der Waals surface area (Å²) in [6.45, 7) is 1.37. The second-order valence-corrected chi connectivity index (χ2v) is 11.5. The summed E-state index contributed by atoms with van der Waals surface area (Å²) in [5, 5.41) is 4.41. The van der Waals surface area contributed by atoms with E-state index in [1.807, 2.05) is 54.6 Å². The number of carbonyl (C=O) groups excluding carboxylic acids is 2. The first-order valence-electron chi connectivity index (χ1n) is 13.0. The summed E-state index contributed by atoms with van der Waals surface area (Å²) in [5.41, 5.74) is 1.03. The minimum absolute atomic E-state index is 0.0479. The fourth-order valence-corrected chi connectivity index (χ4v) is 5.69. The van der Waals surface area contributed by atoms with Crippen molar-refractivity contribution in [2.45, 2.75) is 30.8 Å². The number of hydrogen-bond donors (Lipinski definition) is 1. The third kappa shape index (κ3) is 6.73. The first kappa shape index (κ1) is 28.9. The predicted molar refractivity (Wildman–Crippen MR) is 153 cm³/mol. The highest BCUT2D eigenvalue weighted by Crippen LogP contribution is 2.22. The van der Waals surface area contributed by atoms with Gasteiger partial charge in [0.25, 0.3) is 0 Å². The van der Waals surface area contributed by atoms with Gasteiger partial charge >= 0.3 is 0 Å². The average Bonchev–Trinajstić information content (AvgIpc) is 2.96. The quantitative estimate of drug-likeness (QED) is 0.295. The maximum Gasteiger partial charge on any atom is 0.243 e. The molecule has 0 fully saturated rings. The molecule has 1 atom stereocenters. The lowest BCUT2D eigenvalue weighted by Gasteiger charge is -2.32. The Morgan fingerprint density at radius 2 is 1.52 bits per heavy atom. The summed E-state index contributed by atoms with van der Waals surface area (Å²) in [7, 11) is -2.72. The Morgan fingerprint density at radius 1 is 0.875 bits per heavy atom. The number of nitrogens with zero attached hydrogens (tertiary/aromatic N) is 2. The highest BCUT2D eigenvalue weighted by Gasteiger charge is 2.33. The van der Waals surface area contributed by atoms with Crippen LogP contribution in [-0.2, 0) is 32.6 Å². The number of fused-ring (bicyclic) bond motifs is 1. The van der Waals surface area contributed by atoms with Crippen LogP contribution in [0.5, 0.6) is 0 Å². The van der Waals surface area contributed by atoms with Gasteiger partial charge in [0.05, 0.1) is 11.4 Å². The van der Waals surface area contributed by atoms with E-state index in [1.54, 1.807) is 37.3 Å². The van der Waals surface area contributed by atoms with Crippen molar-refractivity contribution in [2.75, 3.05) is 20.1 Å². The minimum Gasteiger partial charge on any atom is -0.355 e. The zero-order chi connectivity index (χ0) is 28.7. The highest BCUT2D eigenvalue weighted by atomic mass is 32.2. The van der Waals surface area contributed by atoms with Crippen LogP contribution in [-0.4, -0.2) is 55.6 Å². The van der Waals surface area contributed by atoms with Crippen LogP contribution in [0.15, 0.2) is 102 Å². The third-order valence-electron chi connectivity index (χ3n) is 6.71. The van der Waals surface area contributed by atoms with E-state index >= 15 is 0 Å². The normalized spacial score (nSPS) is 12.3. The molecule has 0 aromatic heterocycles. The van der Waals surface area contributed by atoms with E-state index in [0.29, 0.717) is 6.54 Å². The summed E-state index contributed by atoms with van der Waals surface area (Å²) in [5.74, 6) is -1.55. The number of likely N-dealkylation sites (N-methyl/N-ethyl adjacent to an activating group) is 2. The van der Waals surface area contributed by atoms with Gasteiger partial charge in [0.15, 0.2) is 0 Å². The van der Waals surface area contributed by atoms with Crippen molar-refractivity contribution in [3.8, 4) is 0 Å². The molecule has 0 spiro atoms. The molecule has 0 bridgehead atoms. The zero-order valence-electron chi connectivity index (χ0n) is 22.5. The largest absolute Gasteiger partial charge is 0.355 e. The Kier molecular flexibility index (Phi) is 9.29. The van der Waals surface area contributed by atoms with Crippen molar-refractivity contribution in [3.05, 3.63) is 114 Å². The third-order valence-corrected chi connectivity index (χ3v) is 8.51. The van der Waals surface area contributed by atoms with Gasteiger partial charge in [0.1, 0.15) is 11.9 Å². The van der Waals surface area contributed by atoms with E-state index in [1.165, 1.54) is 24.1 Å². The van der Waals surface area contributed by atoms with Crippen LogP contribution in [0.1, 0.15) is 18.1 Å². The molecular formula is C31H32FN3O4S. The van der Waals surface area contributed by atoms with Gasteiger partial charge in [-0.05, 0) is 41.5 Å². The molecule has 2 amide bonds. The predicted octanol–water partition coefficient (Wildman–Crippen LogP) is 4.38. The molecule has 7 nitrogen and oxygen atoms in total. The van der Waals surface area contributed by atoms with Gasteiger partial charge in [-0.15, -0.1) is 0 Å². The summed E-state index contributed by atoms with van der Waals surface area (Å²) in [6.07, 6.45) is 0.175. The van der Waals surface area contributed by atoms with Crippen LogP contribution in [0, 0.1) is 5.82 Å². The van der Waals surface area contributed by atoms with Gasteiger partial charge in [-0.1, -0.05) is 78.9 Å². The number of nitrogens with one attached hydrogen (secondary N) is 1. The fraction of sp³-hybridized carbons (Fsp3) is 0.226. The minimum atomic E-state index is -4.04. The summed E-state index contributed by atoms with van der Waals surface area (Å²) < 4.78 is 42.6. The van der Waals surface area contributed by atoms with Crippen molar-refractivity contribution in [1.29, 1.82) is 0 Å². The number of hydrogen-bond acceptors (Lipinski definition) is 4. The van der Waals surface area contributed by atoms with Crippen LogP contribution in [0.25, 0.3) is 10.8 Å². The second kappa shape index (κ2) is 12.8. The Hall–Kier alpha value is -4.08. The van der Waals surface area contributed by atoms with Gasteiger partial charge in [-0.25, -0.2) is 12.8 Å². The van der Waals surface area contributed by atoms with E-state index in [4.69, 9.17) is 0 Å². The molecule has 40 heavy (non-hydrogen) atoms.